The molecule has 0 aromatic heterocycles. The van der Waals surface area contributed by atoms with Gasteiger partial charge in [-0.15, -0.1) is 0 Å². The van der Waals surface area contributed by atoms with Crippen molar-refractivity contribution in [2.24, 2.45) is 0 Å². The topological polar surface area (TPSA) is 70.0 Å². The molecule has 29 heavy (non-hydrogen) atoms. The summed E-state index contributed by atoms with van der Waals surface area (Å²) in [5, 5.41) is 19.4. The van der Waals surface area contributed by atoms with Crippen molar-refractivity contribution in [1.82, 2.24) is 0 Å². The number of carboxylic acid groups (broad SMARTS) is 1. The maximum atomic E-state index is 14.8. The summed E-state index contributed by atoms with van der Waals surface area (Å²) in [5.41, 5.74) is 0.171. The van der Waals surface area contributed by atoms with Gasteiger partial charge in [0.25, 0.3) is 0 Å². The molecule has 0 radical (unpaired) electrons. The fraction of sp³-hybridized carbons (Fsp3) is 0.0952. The first-order valence-electron chi connectivity index (χ1n) is 8.44. The van der Waals surface area contributed by atoms with Crippen LogP contribution in [0.15, 0.2) is 54.6 Å². The molecular formula is C21H16F3NO4. The lowest BCUT2D eigenvalue weighted by molar-refractivity contribution is -0.139. The Labute approximate surface area is 164 Å². The molecule has 0 unspecified atom stereocenters. The van der Waals surface area contributed by atoms with E-state index in [1.54, 1.807) is 18.2 Å². The number of carboxylic acids is 1. The minimum Gasteiger partial charge on any atom is -0.505 e. The summed E-state index contributed by atoms with van der Waals surface area (Å²) in [4.78, 5) is 11.7. The van der Waals surface area contributed by atoms with E-state index in [4.69, 9.17) is 9.84 Å². The summed E-state index contributed by atoms with van der Waals surface area (Å²) in [6.45, 7) is -0.800. The lowest BCUT2D eigenvalue weighted by Crippen LogP contribution is -2.16. The standard InChI is InChI=1S/C21H16F3NO4/c1-25(20-15(23)8-9-17(19(20)24)29-11-18(26)27)16-7-3-6-14(21(16)28)12-4-2-5-13(22)10-12/h2-10,28H,11H2,1H3,(H,26,27). The zero-order valence-corrected chi connectivity index (χ0v) is 15.2. The summed E-state index contributed by atoms with van der Waals surface area (Å²) in [7, 11) is 1.33. The number of rotatable bonds is 6. The molecule has 0 saturated carbocycles. The molecule has 0 spiro atoms. The third-order valence-electron chi connectivity index (χ3n) is 4.23. The van der Waals surface area contributed by atoms with Gasteiger partial charge in [0.1, 0.15) is 23.1 Å². The van der Waals surface area contributed by atoms with Crippen molar-refractivity contribution in [3.8, 4) is 22.6 Å². The first-order chi connectivity index (χ1) is 13.8. The van der Waals surface area contributed by atoms with Gasteiger partial charge in [0.2, 0.25) is 0 Å². The molecule has 0 aliphatic carbocycles. The lowest BCUT2D eigenvalue weighted by atomic mass is 10.0. The van der Waals surface area contributed by atoms with Crippen LogP contribution in [0.1, 0.15) is 0 Å². The van der Waals surface area contributed by atoms with Gasteiger partial charge in [-0.2, -0.15) is 0 Å². The van der Waals surface area contributed by atoms with Crippen LogP contribution in [-0.4, -0.2) is 29.8 Å². The highest BCUT2D eigenvalue weighted by molar-refractivity contribution is 5.81. The molecular weight excluding hydrogens is 387 g/mol. The van der Waals surface area contributed by atoms with Crippen molar-refractivity contribution in [2.45, 2.75) is 0 Å². The van der Waals surface area contributed by atoms with Crippen molar-refractivity contribution in [1.29, 1.82) is 0 Å². The Kier molecular flexibility index (Phi) is 5.63. The summed E-state index contributed by atoms with van der Waals surface area (Å²) in [6, 6.07) is 12.0. The zero-order valence-electron chi connectivity index (χ0n) is 15.2. The van der Waals surface area contributed by atoms with Gasteiger partial charge in [0.15, 0.2) is 18.2 Å². The number of nitrogens with zero attached hydrogens (tertiary/aromatic N) is 1. The molecule has 0 aliphatic rings. The molecule has 0 bridgehead atoms. The number of para-hydroxylation sites is 1. The van der Waals surface area contributed by atoms with Gasteiger partial charge in [-0.3, -0.25) is 0 Å². The highest BCUT2D eigenvalue weighted by Crippen LogP contribution is 2.42. The van der Waals surface area contributed by atoms with E-state index in [2.05, 4.69) is 0 Å². The molecule has 8 heteroatoms. The van der Waals surface area contributed by atoms with Gasteiger partial charge >= 0.3 is 5.97 Å². The molecule has 5 nitrogen and oxygen atoms in total. The second kappa shape index (κ2) is 8.14. The molecule has 3 aromatic carbocycles. The highest BCUT2D eigenvalue weighted by atomic mass is 19.1. The van der Waals surface area contributed by atoms with Crippen LogP contribution < -0.4 is 9.64 Å². The molecule has 0 heterocycles. The number of hydrogen-bond acceptors (Lipinski definition) is 4. The number of anilines is 2. The van der Waals surface area contributed by atoms with E-state index in [1.165, 1.54) is 31.3 Å². The largest absolute Gasteiger partial charge is 0.505 e. The number of halogens is 3. The predicted molar refractivity (Wildman–Crippen MR) is 101 cm³/mol. The highest BCUT2D eigenvalue weighted by Gasteiger charge is 2.23. The van der Waals surface area contributed by atoms with Crippen molar-refractivity contribution >= 4 is 17.3 Å². The van der Waals surface area contributed by atoms with Gasteiger partial charge in [0, 0.05) is 12.6 Å². The van der Waals surface area contributed by atoms with E-state index in [0.29, 0.717) is 5.56 Å². The Balaban J connectivity index is 2.05. The van der Waals surface area contributed by atoms with Crippen molar-refractivity contribution < 1.29 is 32.9 Å². The van der Waals surface area contributed by atoms with Gasteiger partial charge in [-0.25, -0.2) is 18.0 Å². The minimum atomic E-state index is -1.32. The van der Waals surface area contributed by atoms with Gasteiger partial charge in [-0.1, -0.05) is 24.3 Å². The maximum Gasteiger partial charge on any atom is 0.341 e. The average molecular weight is 403 g/mol. The Morgan fingerprint density at radius 2 is 1.79 bits per heavy atom. The van der Waals surface area contributed by atoms with E-state index in [1.807, 2.05) is 0 Å². The Morgan fingerprint density at radius 3 is 2.48 bits per heavy atom. The Morgan fingerprint density at radius 1 is 1.07 bits per heavy atom. The predicted octanol–water partition coefficient (Wildman–Crippen LogP) is 4.71. The summed E-state index contributed by atoms with van der Waals surface area (Å²) >= 11 is 0. The SMILES string of the molecule is CN(c1cccc(-c2cccc(F)c2)c1O)c1c(F)ccc(OCC(=O)O)c1F. The second-order valence-corrected chi connectivity index (χ2v) is 6.13. The molecule has 0 saturated heterocycles. The first kappa shape index (κ1) is 20.1. The van der Waals surface area contributed by atoms with Crippen LogP contribution in [0.4, 0.5) is 24.5 Å². The van der Waals surface area contributed by atoms with Gasteiger partial charge in [-0.05, 0) is 35.9 Å². The normalized spacial score (nSPS) is 10.6. The number of phenols is 1. The Bertz CT molecular complexity index is 1070. The number of phenolic OH excluding ortho intramolecular Hbond substituents is 1. The lowest BCUT2D eigenvalue weighted by Gasteiger charge is -2.23. The molecule has 3 rings (SSSR count). The summed E-state index contributed by atoms with van der Waals surface area (Å²) in [5.74, 6) is -4.63. The van der Waals surface area contributed by atoms with Crippen LogP contribution in [0.3, 0.4) is 0 Å². The number of benzene rings is 3. The number of hydrogen-bond donors (Lipinski definition) is 2. The van der Waals surface area contributed by atoms with Crippen LogP contribution in [0, 0.1) is 17.5 Å². The quantitative estimate of drug-likeness (QED) is 0.624. The fourth-order valence-electron chi connectivity index (χ4n) is 2.89. The molecule has 0 aliphatic heterocycles. The summed E-state index contributed by atoms with van der Waals surface area (Å²) in [6.07, 6.45) is 0. The maximum absolute atomic E-state index is 14.8. The second-order valence-electron chi connectivity index (χ2n) is 6.13. The van der Waals surface area contributed by atoms with Crippen LogP contribution in [0.5, 0.6) is 11.5 Å². The van der Waals surface area contributed by atoms with Gasteiger partial charge < -0.3 is 19.8 Å². The van der Waals surface area contributed by atoms with Gasteiger partial charge in [0.05, 0.1) is 5.69 Å². The molecule has 0 fully saturated rings. The monoisotopic (exact) mass is 403 g/mol. The van der Waals surface area contributed by atoms with Crippen molar-refractivity contribution in [3.05, 3.63) is 72.0 Å². The van der Waals surface area contributed by atoms with E-state index >= 15 is 0 Å². The number of aliphatic carboxylic acids is 1. The van der Waals surface area contributed by atoms with E-state index in [-0.39, 0.29) is 17.0 Å². The Hall–Kier alpha value is -3.68. The summed E-state index contributed by atoms with van der Waals surface area (Å²) < 4.78 is 47.6. The molecule has 0 amide bonds. The number of ether oxygens (including phenoxy) is 1. The van der Waals surface area contributed by atoms with Crippen LogP contribution in [0.25, 0.3) is 11.1 Å². The van der Waals surface area contributed by atoms with Crippen LogP contribution >= 0.6 is 0 Å². The van der Waals surface area contributed by atoms with Crippen molar-refractivity contribution in [2.75, 3.05) is 18.6 Å². The minimum absolute atomic E-state index is 0.0555. The van der Waals surface area contributed by atoms with Crippen molar-refractivity contribution in [3.63, 3.8) is 0 Å². The third kappa shape index (κ3) is 4.11. The first-order valence-corrected chi connectivity index (χ1v) is 8.44. The fourth-order valence-corrected chi connectivity index (χ4v) is 2.89. The molecule has 3 aromatic rings. The molecule has 2 N–H and O–H groups in total. The molecule has 150 valence electrons. The number of carbonyl (C=O) groups is 1. The number of aromatic hydroxyl groups is 1. The van der Waals surface area contributed by atoms with E-state index < -0.39 is 41.5 Å². The average Bonchev–Trinajstić information content (AvgIpc) is 2.67. The zero-order chi connectivity index (χ0) is 21.1. The third-order valence-corrected chi connectivity index (χ3v) is 4.23. The van der Waals surface area contributed by atoms with Crippen LogP contribution in [0.2, 0.25) is 0 Å². The molecule has 0 atom stereocenters. The van der Waals surface area contributed by atoms with E-state index in [0.717, 1.165) is 17.0 Å². The van der Waals surface area contributed by atoms with E-state index in [9.17, 15) is 23.1 Å². The smallest absolute Gasteiger partial charge is 0.341 e. The van der Waals surface area contributed by atoms with Crippen LogP contribution in [-0.2, 0) is 4.79 Å².